The van der Waals surface area contributed by atoms with Gasteiger partial charge in [-0.1, -0.05) is 42.9 Å². The van der Waals surface area contributed by atoms with Crippen molar-refractivity contribution in [2.45, 2.75) is 69.1 Å². The van der Waals surface area contributed by atoms with Crippen LogP contribution in [0.3, 0.4) is 0 Å². The molecule has 6 aromatic rings. The van der Waals surface area contributed by atoms with Gasteiger partial charge in [0, 0.05) is 43.7 Å². The van der Waals surface area contributed by atoms with Crippen molar-refractivity contribution in [3.63, 3.8) is 0 Å². The number of rotatable bonds is 6. The van der Waals surface area contributed by atoms with Crippen molar-refractivity contribution in [2.75, 3.05) is 0 Å². The topological polar surface area (TPSA) is 51.8 Å². The van der Waals surface area contributed by atoms with Crippen LogP contribution in [0.1, 0.15) is 57.9 Å². The molecule has 0 bridgehead atoms. The van der Waals surface area contributed by atoms with Crippen molar-refractivity contribution in [2.24, 2.45) is 5.92 Å². The van der Waals surface area contributed by atoms with Gasteiger partial charge >= 0.3 is 120 Å². The van der Waals surface area contributed by atoms with Crippen molar-refractivity contribution in [1.82, 2.24) is 15.0 Å². The van der Waals surface area contributed by atoms with E-state index in [1.54, 1.807) is 24.5 Å². The average Bonchev–Trinajstić information content (AvgIpc) is 3.69. The Labute approximate surface area is 289 Å². The van der Waals surface area contributed by atoms with Crippen LogP contribution in [-0.2, 0) is 26.5 Å². The van der Waals surface area contributed by atoms with Crippen LogP contribution in [0.2, 0.25) is 17.3 Å². The number of hydrogen-bond acceptors (Lipinski definition) is 4. The third-order valence-corrected chi connectivity index (χ3v) is 12.8. The summed E-state index contributed by atoms with van der Waals surface area (Å²) >= 11 is -2.03. The molecule has 1 aliphatic rings. The molecular weight excluding hydrogens is 810 g/mol. The van der Waals surface area contributed by atoms with Crippen LogP contribution in [-0.4, -0.2) is 28.2 Å². The van der Waals surface area contributed by atoms with Crippen LogP contribution < -0.4 is 4.40 Å². The Morgan fingerprint density at radius 2 is 1.78 bits per heavy atom. The van der Waals surface area contributed by atoms with Crippen molar-refractivity contribution >= 4 is 39.7 Å². The molecule has 4 heterocycles. The first-order chi connectivity index (χ1) is 22.0. The Morgan fingerprint density at radius 1 is 0.978 bits per heavy atom. The molecule has 0 saturated heterocycles. The predicted octanol–water partition coefficient (Wildman–Crippen LogP) is 9.93. The van der Waals surface area contributed by atoms with Crippen LogP contribution in [0, 0.1) is 23.9 Å². The Kier molecular flexibility index (Phi) is 10.5. The molecule has 7 heteroatoms. The van der Waals surface area contributed by atoms with Gasteiger partial charge in [0.15, 0.2) is 0 Å². The fourth-order valence-corrected chi connectivity index (χ4v) is 9.56. The number of nitrogens with zero attached hydrogens (tertiary/aromatic N) is 3. The molecule has 1 saturated carbocycles. The quantitative estimate of drug-likeness (QED) is 0.124. The van der Waals surface area contributed by atoms with Crippen molar-refractivity contribution in [3.05, 3.63) is 108 Å². The molecule has 4 nitrogen and oxygen atoms in total. The van der Waals surface area contributed by atoms with Crippen LogP contribution in [0.4, 0.5) is 4.39 Å². The third kappa shape index (κ3) is 7.51. The monoisotopic (exact) mass is 853 g/mol. The van der Waals surface area contributed by atoms with Gasteiger partial charge in [0.2, 0.25) is 5.71 Å². The van der Waals surface area contributed by atoms with Gasteiger partial charge in [-0.25, -0.2) is 4.98 Å². The molecule has 0 unspecified atom stereocenters. The van der Waals surface area contributed by atoms with Crippen LogP contribution in [0.25, 0.3) is 44.6 Å². The molecule has 0 N–H and O–H groups in total. The van der Waals surface area contributed by atoms with E-state index < -0.39 is 19.2 Å². The minimum atomic E-state index is -2.03. The molecule has 0 amide bonds. The minimum absolute atomic E-state index is 0. The molecule has 2 aromatic carbocycles. The summed E-state index contributed by atoms with van der Waals surface area (Å²) in [5.41, 5.74) is 6.15. The molecule has 7 rings (SSSR count). The maximum absolute atomic E-state index is 15.3. The number of pyridine rings is 3. The Bertz CT molecular complexity index is 1980. The smallest absolute Gasteiger partial charge is 0 e. The molecule has 1 fully saturated rings. The molecule has 1 aliphatic carbocycles. The van der Waals surface area contributed by atoms with E-state index in [9.17, 15) is 0 Å². The van der Waals surface area contributed by atoms with Crippen LogP contribution >= 0.6 is 0 Å². The van der Waals surface area contributed by atoms with Crippen molar-refractivity contribution in [1.29, 1.82) is 0 Å². The fourth-order valence-electron chi connectivity index (χ4n) is 6.24. The standard InChI is InChI=1S/C22H18FN2O.C17H22GeN.Ir/c23-21-16(7-8-19-20(21)17-6-3-10-25-22(17)26-19)18-13-15(9-11-24-18)12-14-4-1-2-5-14;1-13(2)15-11-17(14-9-7-6-8-10-14)19-12-16(15)18(3,4)5;/h3,6,8-11,13-14H,1-2,4-5,12H2;6-9,11-13H,1-5H3;/q2*-1;/i;13D;. The summed E-state index contributed by atoms with van der Waals surface area (Å²) in [6.45, 7) is 3.91. The van der Waals surface area contributed by atoms with Gasteiger partial charge in [-0.3, -0.25) is 4.39 Å². The Morgan fingerprint density at radius 3 is 2.50 bits per heavy atom. The first-order valence-corrected chi connectivity index (χ1v) is 23.1. The summed E-state index contributed by atoms with van der Waals surface area (Å²) in [5, 5.41) is 1.13. The Hall–Kier alpha value is -3.19. The van der Waals surface area contributed by atoms with Crippen molar-refractivity contribution in [3.8, 4) is 22.5 Å². The van der Waals surface area contributed by atoms with Gasteiger partial charge in [-0.15, -0.1) is 12.1 Å². The molecule has 0 spiro atoms. The van der Waals surface area contributed by atoms with E-state index in [4.69, 9.17) is 5.79 Å². The number of aromatic nitrogens is 3. The second-order valence-corrected chi connectivity index (χ2v) is 23.8. The average molecular weight is 852 g/mol. The first-order valence-electron chi connectivity index (χ1n) is 16.3. The second-order valence-electron chi connectivity index (χ2n) is 13.2. The zero-order valence-corrected chi connectivity index (χ0v) is 31.6. The number of furan rings is 1. The number of fused-ring (bicyclic) bond motifs is 3. The summed E-state index contributed by atoms with van der Waals surface area (Å²) in [5.74, 6) is 6.84. The SMILES string of the molecule is Fc1c(-c2cc(CC3CCCC3)ccn2)[c-]cc2oc3ncccc3c12.[2H]C(C)(C)c1cc(-c2[c-]cccc2)nc[c]1[Ge]([CH3])([CH3])[CH3].[Ir]. The molecule has 239 valence electrons. The largest absolute Gasteiger partial charge is 0 e. The normalized spacial score (nSPS) is 14.1. The maximum atomic E-state index is 15.3. The molecule has 4 aromatic heterocycles. The van der Waals surface area contributed by atoms with E-state index >= 15 is 4.39 Å². The van der Waals surface area contributed by atoms with Gasteiger partial charge in [-0.05, 0) is 41.6 Å². The van der Waals surface area contributed by atoms with Crippen LogP contribution in [0.5, 0.6) is 0 Å². The molecule has 46 heavy (non-hydrogen) atoms. The molecular formula is C39H40FGeIrN3O-2. The summed E-state index contributed by atoms with van der Waals surface area (Å²) in [6, 6.07) is 25.5. The third-order valence-electron chi connectivity index (χ3n) is 8.60. The van der Waals surface area contributed by atoms with Crippen LogP contribution in [0.15, 0.2) is 83.7 Å². The zero-order valence-electron chi connectivity index (χ0n) is 28.1. The maximum Gasteiger partial charge on any atom is 0 e. The van der Waals surface area contributed by atoms with Crippen molar-refractivity contribution < 1.29 is 30.3 Å². The molecule has 0 aliphatic heterocycles. The first kappa shape index (κ1) is 32.7. The van der Waals surface area contributed by atoms with E-state index in [0.717, 1.165) is 29.2 Å². The number of halogens is 1. The van der Waals surface area contributed by atoms with Gasteiger partial charge in [0.25, 0.3) is 0 Å². The van der Waals surface area contributed by atoms with Gasteiger partial charge in [0.05, 0.1) is 5.58 Å². The fraction of sp³-hybridized carbons (Fsp3) is 0.308. The zero-order chi connectivity index (χ0) is 32.5. The second kappa shape index (κ2) is 14.7. The van der Waals surface area contributed by atoms with Gasteiger partial charge < -0.3 is 9.40 Å². The summed E-state index contributed by atoms with van der Waals surface area (Å²) in [7, 11) is 0. The van der Waals surface area contributed by atoms with Gasteiger partial charge in [0.1, 0.15) is 0 Å². The van der Waals surface area contributed by atoms with E-state index in [1.807, 2.05) is 62.5 Å². The Balaban J connectivity index is 0.000000188. The molecule has 0 atom stereocenters. The molecule has 1 radical (unpaired) electrons. The summed E-state index contributed by atoms with van der Waals surface area (Å²) in [6.07, 6.45) is 11.7. The summed E-state index contributed by atoms with van der Waals surface area (Å²) in [4.78, 5) is 13.2. The van der Waals surface area contributed by atoms with Gasteiger partial charge in [-0.2, -0.15) is 0 Å². The number of hydrogen-bond donors (Lipinski definition) is 0. The van der Waals surface area contributed by atoms with E-state index in [0.29, 0.717) is 33.3 Å². The van der Waals surface area contributed by atoms with E-state index in [-0.39, 0.29) is 25.9 Å². The number of benzene rings is 2. The summed E-state index contributed by atoms with van der Waals surface area (Å²) < 4.78 is 30.7. The van der Waals surface area contributed by atoms with E-state index in [2.05, 4.69) is 50.4 Å². The van der Waals surface area contributed by atoms with E-state index in [1.165, 1.54) is 35.6 Å². The predicted molar refractivity (Wildman–Crippen MR) is 185 cm³/mol. The minimum Gasteiger partial charge on any atom is 0 e.